The molecule has 5 heteroatoms. The SMILES string of the molecule is CCC(CC)n1ncc(C(=O)N2CCN[C@H](C)C2)c1C. The second-order valence-electron chi connectivity index (χ2n) is 5.66. The number of aromatic nitrogens is 2. The number of nitrogens with zero attached hydrogens (tertiary/aromatic N) is 3. The van der Waals surface area contributed by atoms with Crippen molar-refractivity contribution in [3.8, 4) is 0 Å². The van der Waals surface area contributed by atoms with Gasteiger partial charge in [-0.05, 0) is 26.7 Å². The average molecular weight is 278 g/mol. The Hall–Kier alpha value is -1.36. The van der Waals surface area contributed by atoms with Crippen LogP contribution in [-0.4, -0.2) is 46.3 Å². The lowest BCUT2D eigenvalue weighted by atomic mass is 10.1. The average Bonchev–Trinajstić information content (AvgIpc) is 2.82. The maximum absolute atomic E-state index is 12.6. The number of nitrogens with one attached hydrogen (secondary N) is 1. The first-order chi connectivity index (χ1) is 9.58. The Morgan fingerprint density at radius 2 is 2.20 bits per heavy atom. The number of hydrogen-bond acceptors (Lipinski definition) is 3. The van der Waals surface area contributed by atoms with Gasteiger partial charge in [-0.2, -0.15) is 5.10 Å². The standard InChI is InChI=1S/C15H26N4O/c1-5-13(6-2)19-12(4)14(9-17-19)15(20)18-8-7-16-11(3)10-18/h9,11,13,16H,5-8,10H2,1-4H3/t11-/m1/s1. The van der Waals surface area contributed by atoms with Crippen molar-refractivity contribution in [3.63, 3.8) is 0 Å². The van der Waals surface area contributed by atoms with Gasteiger partial charge in [-0.1, -0.05) is 13.8 Å². The smallest absolute Gasteiger partial charge is 0.257 e. The Kier molecular flexibility index (Phi) is 4.81. The van der Waals surface area contributed by atoms with E-state index in [1.54, 1.807) is 6.20 Å². The summed E-state index contributed by atoms with van der Waals surface area (Å²) in [7, 11) is 0. The summed E-state index contributed by atoms with van der Waals surface area (Å²) in [6, 6.07) is 0.751. The molecule has 5 nitrogen and oxygen atoms in total. The first kappa shape index (κ1) is 15.0. The van der Waals surface area contributed by atoms with Crippen molar-refractivity contribution in [2.75, 3.05) is 19.6 Å². The van der Waals surface area contributed by atoms with Gasteiger partial charge in [0, 0.05) is 31.4 Å². The summed E-state index contributed by atoms with van der Waals surface area (Å²) in [4.78, 5) is 14.6. The molecule has 0 radical (unpaired) electrons. The highest BCUT2D eigenvalue weighted by molar-refractivity contribution is 5.95. The summed E-state index contributed by atoms with van der Waals surface area (Å²) >= 11 is 0. The molecule has 0 unspecified atom stereocenters. The summed E-state index contributed by atoms with van der Waals surface area (Å²) in [6.45, 7) is 10.9. The van der Waals surface area contributed by atoms with E-state index in [0.717, 1.165) is 43.7 Å². The van der Waals surface area contributed by atoms with Crippen LogP contribution in [0, 0.1) is 6.92 Å². The molecular weight excluding hydrogens is 252 g/mol. The molecular formula is C15H26N4O. The molecule has 0 aliphatic carbocycles. The Labute approximate surface area is 121 Å². The molecule has 1 N–H and O–H groups in total. The van der Waals surface area contributed by atoms with Crippen LogP contribution >= 0.6 is 0 Å². The van der Waals surface area contributed by atoms with E-state index in [0.29, 0.717) is 12.1 Å². The molecule has 112 valence electrons. The summed E-state index contributed by atoms with van der Waals surface area (Å²) in [5.74, 6) is 0.119. The predicted octanol–water partition coefficient (Wildman–Crippen LogP) is 1.99. The van der Waals surface area contributed by atoms with Crippen LogP contribution in [0.5, 0.6) is 0 Å². The summed E-state index contributed by atoms with van der Waals surface area (Å²) < 4.78 is 2.01. The molecule has 0 aromatic carbocycles. The minimum atomic E-state index is 0.119. The zero-order chi connectivity index (χ0) is 14.7. The lowest BCUT2D eigenvalue weighted by molar-refractivity contribution is 0.0708. The molecule has 1 aromatic heterocycles. The summed E-state index contributed by atoms with van der Waals surface area (Å²) in [6.07, 6.45) is 3.82. The lowest BCUT2D eigenvalue weighted by Gasteiger charge is -2.31. The number of rotatable bonds is 4. The van der Waals surface area contributed by atoms with Crippen LogP contribution < -0.4 is 5.32 Å². The van der Waals surface area contributed by atoms with Crippen LogP contribution in [0.1, 0.15) is 55.7 Å². The second-order valence-corrected chi connectivity index (χ2v) is 5.66. The minimum Gasteiger partial charge on any atom is -0.336 e. The molecule has 0 bridgehead atoms. The van der Waals surface area contributed by atoms with Gasteiger partial charge < -0.3 is 10.2 Å². The van der Waals surface area contributed by atoms with Crippen molar-refractivity contribution >= 4 is 5.91 Å². The van der Waals surface area contributed by atoms with Crippen LogP contribution in [0.25, 0.3) is 0 Å². The fraction of sp³-hybridized carbons (Fsp3) is 0.733. The molecule has 1 fully saturated rings. The molecule has 0 spiro atoms. The Morgan fingerprint density at radius 3 is 2.80 bits per heavy atom. The number of carbonyl (C=O) groups is 1. The largest absolute Gasteiger partial charge is 0.336 e. The number of carbonyl (C=O) groups excluding carboxylic acids is 1. The fourth-order valence-electron chi connectivity index (χ4n) is 2.92. The van der Waals surface area contributed by atoms with Gasteiger partial charge in [0.25, 0.3) is 5.91 Å². The van der Waals surface area contributed by atoms with Crippen LogP contribution in [0.4, 0.5) is 0 Å². The highest BCUT2D eigenvalue weighted by Gasteiger charge is 2.25. The van der Waals surface area contributed by atoms with Crippen molar-refractivity contribution in [2.24, 2.45) is 0 Å². The third kappa shape index (κ3) is 2.87. The highest BCUT2D eigenvalue weighted by atomic mass is 16.2. The molecule has 1 saturated heterocycles. The van der Waals surface area contributed by atoms with Crippen molar-refractivity contribution in [2.45, 2.75) is 52.6 Å². The Balaban J connectivity index is 2.18. The van der Waals surface area contributed by atoms with Gasteiger partial charge in [0.15, 0.2) is 0 Å². The van der Waals surface area contributed by atoms with Gasteiger partial charge in [-0.15, -0.1) is 0 Å². The molecule has 20 heavy (non-hydrogen) atoms. The van der Waals surface area contributed by atoms with E-state index in [1.165, 1.54) is 0 Å². The van der Waals surface area contributed by atoms with E-state index >= 15 is 0 Å². The maximum atomic E-state index is 12.6. The van der Waals surface area contributed by atoms with Crippen molar-refractivity contribution in [3.05, 3.63) is 17.5 Å². The van der Waals surface area contributed by atoms with Gasteiger partial charge in [0.1, 0.15) is 0 Å². The van der Waals surface area contributed by atoms with Gasteiger partial charge in [-0.3, -0.25) is 9.48 Å². The van der Waals surface area contributed by atoms with E-state index in [9.17, 15) is 4.79 Å². The maximum Gasteiger partial charge on any atom is 0.257 e. The number of amides is 1. The van der Waals surface area contributed by atoms with Gasteiger partial charge in [0.2, 0.25) is 0 Å². The Morgan fingerprint density at radius 1 is 1.50 bits per heavy atom. The van der Waals surface area contributed by atoms with Gasteiger partial charge in [0.05, 0.1) is 17.8 Å². The van der Waals surface area contributed by atoms with Gasteiger partial charge >= 0.3 is 0 Å². The fourth-order valence-corrected chi connectivity index (χ4v) is 2.92. The van der Waals surface area contributed by atoms with Crippen molar-refractivity contribution < 1.29 is 4.79 Å². The first-order valence-electron chi connectivity index (χ1n) is 7.65. The quantitative estimate of drug-likeness (QED) is 0.916. The van der Waals surface area contributed by atoms with Crippen LogP contribution in [0.2, 0.25) is 0 Å². The molecule has 1 aliphatic rings. The van der Waals surface area contributed by atoms with E-state index < -0.39 is 0 Å². The molecule has 0 saturated carbocycles. The molecule has 1 aliphatic heterocycles. The summed E-state index contributed by atoms with van der Waals surface area (Å²) in [5.41, 5.74) is 1.75. The van der Waals surface area contributed by atoms with E-state index in [-0.39, 0.29) is 5.91 Å². The molecule has 2 heterocycles. The van der Waals surface area contributed by atoms with Crippen LogP contribution in [0.15, 0.2) is 6.20 Å². The van der Waals surface area contributed by atoms with Gasteiger partial charge in [-0.25, -0.2) is 0 Å². The van der Waals surface area contributed by atoms with Crippen molar-refractivity contribution in [1.29, 1.82) is 0 Å². The highest BCUT2D eigenvalue weighted by Crippen LogP contribution is 2.20. The zero-order valence-corrected chi connectivity index (χ0v) is 13.0. The summed E-state index contributed by atoms with van der Waals surface area (Å²) in [5, 5.41) is 7.81. The van der Waals surface area contributed by atoms with Crippen LogP contribution in [-0.2, 0) is 0 Å². The second kappa shape index (κ2) is 6.39. The molecule has 1 aromatic rings. The third-order valence-electron chi connectivity index (χ3n) is 4.22. The van der Waals surface area contributed by atoms with Crippen molar-refractivity contribution in [1.82, 2.24) is 20.0 Å². The van der Waals surface area contributed by atoms with E-state index in [4.69, 9.17) is 0 Å². The topological polar surface area (TPSA) is 50.2 Å². The molecule has 1 amide bonds. The zero-order valence-electron chi connectivity index (χ0n) is 13.0. The Bertz CT molecular complexity index is 464. The molecule has 1 atom stereocenters. The molecule has 2 rings (SSSR count). The monoisotopic (exact) mass is 278 g/mol. The number of piperazine rings is 1. The first-order valence-corrected chi connectivity index (χ1v) is 7.65. The van der Waals surface area contributed by atoms with E-state index in [2.05, 4.69) is 31.2 Å². The minimum absolute atomic E-state index is 0.119. The number of hydrogen-bond donors (Lipinski definition) is 1. The van der Waals surface area contributed by atoms with E-state index in [1.807, 2.05) is 16.5 Å². The predicted molar refractivity (Wildman–Crippen MR) is 80.0 cm³/mol. The lowest BCUT2D eigenvalue weighted by Crippen LogP contribution is -2.51. The normalized spacial score (nSPS) is 19.6. The third-order valence-corrected chi connectivity index (χ3v) is 4.22. The van der Waals surface area contributed by atoms with Crippen LogP contribution in [0.3, 0.4) is 0 Å².